The molecule has 1 aliphatic carbocycles. The summed E-state index contributed by atoms with van der Waals surface area (Å²) >= 11 is 0. The van der Waals surface area contributed by atoms with Crippen molar-refractivity contribution in [1.29, 1.82) is 0 Å². The Labute approximate surface area is 69.8 Å². The number of hydrogen-bond acceptors (Lipinski definition) is 0. The molecule has 1 heteroatoms. The van der Waals surface area contributed by atoms with E-state index in [0.717, 1.165) is 0 Å². The van der Waals surface area contributed by atoms with E-state index in [2.05, 4.69) is 26.0 Å². The van der Waals surface area contributed by atoms with Gasteiger partial charge in [0.05, 0.1) is 0 Å². The second kappa shape index (κ2) is 2.78. The molecule has 0 aromatic carbocycles. The molecule has 0 spiro atoms. The Hall–Kier alpha value is 0.363. The van der Waals surface area contributed by atoms with Crippen molar-refractivity contribution >= 4 is 0 Å². The molecule has 0 atom stereocenters. The van der Waals surface area contributed by atoms with Crippen LogP contribution in [0.25, 0.3) is 0 Å². The van der Waals surface area contributed by atoms with E-state index in [1.54, 1.807) is 0 Å². The molecule has 0 nitrogen and oxygen atoms in total. The van der Waals surface area contributed by atoms with Crippen molar-refractivity contribution in [1.82, 2.24) is 0 Å². The van der Waals surface area contributed by atoms with Gasteiger partial charge in [-0.15, -0.1) is 0 Å². The maximum Gasteiger partial charge on any atom is 0 e. The predicted molar refractivity (Wildman–Crippen MR) is 30.7 cm³/mol. The molecule has 0 unspecified atom stereocenters. The summed E-state index contributed by atoms with van der Waals surface area (Å²) in [5.74, 6) is 0. The van der Waals surface area contributed by atoms with Crippen LogP contribution in [0.2, 0.25) is 0 Å². The van der Waals surface area contributed by atoms with Crippen LogP contribution in [0.5, 0.6) is 0 Å². The van der Waals surface area contributed by atoms with Crippen molar-refractivity contribution in [3.8, 4) is 0 Å². The van der Waals surface area contributed by atoms with Crippen molar-refractivity contribution in [3.05, 3.63) is 24.3 Å². The summed E-state index contributed by atoms with van der Waals surface area (Å²) in [6.45, 7) is 4.26. The van der Waals surface area contributed by atoms with Crippen molar-refractivity contribution in [2.24, 2.45) is 5.41 Å². The zero-order chi connectivity index (χ0) is 5.33. The first-order valence-electron chi connectivity index (χ1n) is 2.49. The largest absolute Gasteiger partial charge is 0.267 e. The van der Waals surface area contributed by atoms with Crippen LogP contribution in [0.1, 0.15) is 13.8 Å². The molecule has 0 radical (unpaired) electrons. The predicted octanol–water partition coefficient (Wildman–Crippen LogP) is 1.94. The van der Waals surface area contributed by atoms with Gasteiger partial charge in [-0.25, -0.2) is 12.2 Å². The molecule has 0 heterocycles. The van der Waals surface area contributed by atoms with Crippen molar-refractivity contribution < 1.29 is 26.2 Å². The van der Waals surface area contributed by atoms with E-state index in [-0.39, 0.29) is 31.6 Å². The van der Waals surface area contributed by atoms with Crippen LogP contribution in [0.3, 0.4) is 0 Å². The van der Waals surface area contributed by atoms with Gasteiger partial charge in [0.1, 0.15) is 0 Å². The third kappa shape index (κ3) is 2.09. The summed E-state index contributed by atoms with van der Waals surface area (Å²) in [6, 6.07) is 0. The Kier molecular flexibility index (Phi) is 2.90. The smallest absolute Gasteiger partial charge is 0 e. The summed E-state index contributed by atoms with van der Waals surface area (Å²) in [4.78, 5) is 0. The van der Waals surface area contributed by atoms with Gasteiger partial charge in [0, 0.05) is 26.2 Å². The Balaban J connectivity index is 0.000000490. The Morgan fingerprint density at radius 1 is 1.38 bits per heavy atom. The van der Waals surface area contributed by atoms with Crippen LogP contribution >= 0.6 is 0 Å². The molecule has 8 heavy (non-hydrogen) atoms. The first kappa shape index (κ1) is 8.36. The molecule has 0 aromatic heterocycles. The van der Waals surface area contributed by atoms with E-state index in [9.17, 15) is 0 Å². The molecular weight excluding hydrogens is 175 g/mol. The van der Waals surface area contributed by atoms with Gasteiger partial charge in [0.2, 0.25) is 0 Å². The zero-order valence-corrected chi connectivity index (χ0v) is 7.69. The van der Waals surface area contributed by atoms with Crippen LogP contribution in [0, 0.1) is 11.5 Å². The summed E-state index contributed by atoms with van der Waals surface area (Å²) in [6.07, 6.45) is 9.28. The molecule has 0 saturated heterocycles. The monoisotopic (exact) mass is 183 g/mol. The van der Waals surface area contributed by atoms with Gasteiger partial charge >= 0.3 is 0 Å². The average molecular weight is 184 g/mol. The van der Waals surface area contributed by atoms with E-state index in [1.807, 2.05) is 12.2 Å². The fourth-order valence-corrected chi connectivity index (χ4v) is 0.600. The van der Waals surface area contributed by atoms with Crippen molar-refractivity contribution in [3.63, 3.8) is 0 Å². The fourth-order valence-electron chi connectivity index (χ4n) is 0.600. The van der Waals surface area contributed by atoms with E-state index < -0.39 is 0 Å². The Bertz CT molecular complexity index is 106. The van der Waals surface area contributed by atoms with Gasteiger partial charge in [-0.3, -0.25) is 6.08 Å². The molecule has 0 bridgehead atoms. The first-order chi connectivity index (χ1) is 3.21. The molecule has 0 aromatic rings. The molecule has 1 aliphatic rings. The number of hydrogen-bond donors (Lipinski definition) is 0. The van der Waals surface area contributed by atoms with Crippen LogP contribution in [-0.2, 0) is 26.2 Å². The third-order valence-electron chi connectivity index (χ3n) is 1.06. The maximum atomic E-state index is 3.16. The SMILES string of the molecule is CC1(C)[C-]=CC=C1.[Zr]. The fraction of sp³-hybridized carbons (Fsp3) is 0.429. The normalized spacial score (nSPS) is 20.8. The van der Waals surface area contributed by atoms with Gasteiger partial charge in [0.25, 0.3) is 0 Å². The van der Waals surface area contributed by atoms with Crippen LogP contribution < -0.4 is 0 Å². The van der Waals surface area contributed by atoms with E-state index in [0.29, 0.717) is 0 Å². The minimum Gasteiger partial charge on any atom is -0.267 e. The van der Waals surface area contributed by atoms with E-state index in [1.165, 1.54) is 0 Å². The zero-order valence-electron chi connectivity index (χ0n) is 5.23. The standard InChI is InChI=1S/C7H9.Zr/c1-7(2)5-3-4-6-7;/h3-5H,1-2H3;/q-1;. The number of rotatable bonds is 0. The molecule has 1 rings (SSSR count). The van der Waals surface area contributed by atoms with Gasteiger partial charge in [-0.2, -0.15) is 6.08 Å². The molecule has 42 valence electrons. The van der Waals surface area contributed by atoms with Crippen molar-refractivity contribution in [2.75, 3.05) is 0 Å². The van der Waals surface area contributed by atoms with Crippen LogP contribution in [0.15, 0.2) is 18.2 Å². The summed E-state index contributed by atoms with van der Waals surface area (Å²) < 4.78 is 0. The minimum atomic E-state index is 0. The molecule has 0 saturated carbocycles. The molecule has 0 N–H and O–H groups in total. The second-order valence-corrected chi connectivity index (χ2v) is 2.39. The average Bonchev–Trinajstić information content (AvgIpc) is 1.84. The van der Waals surface area contributed by atoms with Gasteiger partial charge < -0.3 is 0 Å². The summed E-state index contributed by atoms with van der Waals surface area (Å²) in [5.41, 5.74) is 0.208. The minimum absolute atomic E-state index is 0. The van der Waals surface area contributed by atoms with E-state index in [4.69, 9.17) is 0 Å². The third-order valence-corrected chi connectivity index (χ3v) is 1.06. The van der Waals surface area contributed by atoms with E-state index >= 15 is 0 Å². The summed E-state index contributed by atoms with van der Waals surface area (Å²) in [5, 5.41) is 0. The molecular formula is C7H9Zr-. The van der Waals surface area contributed by atoms with Crippen molar-refractivity contribution in [2.45, 2.75) is 13.8 Å². The topological polar surface area (TPSA) is 0 Å². The van der Waals surface area contributed by atoms with Gasteiger partial charge in [-0.1, -0.05) is 19.3 Å². The summed E-state index contributed by atoms with van der Waals surface area (Å²) in [7, 11) is 0. The van der Waals surface area contributed by atoms with Gasteiger partial charge in [0.15, 0.2) is 0 Å². The molecule has 0 aliphatic heterocycles. The van der Waals surface area contributed by atoms with Gasteiger partial charge in [-0.05, 0) is 0 Å². The van der Waals surface area contributed by atoms with Crippen LogP contribution in [0.4, 0.5) is 0 Å². The maximum absolute atomic E-state index is 3.16. The number of allylic oxidation sites excluding steroid dienone is 4. The molecule has 0 fully saturated rings. The second-order valence-electron chi connectivity index (χ2n) is 2.39. The Morgan fingerprint density at radius 3 is 2.12 bits per heavy atom. The molecule has 0 amide bonds. The Morgan fingerprint density at radius 2 is 2.00 bits per heavy atom. The van der Waals surface area contributed by atoms with Crippen LogP contribution in [-0.4, -0.2) is 0 Å². The first-order valence-corrected chi connectivity index (χ1v) is 2.49. The quantitative estimate of drug-likeness (QED) is 0.505.